The second-order valence-corrected chi connectivity index (χ2v) is 9.58. The van der Waals surface area contributed by atoms with Gasteiger partial charge in [-0.25, -0.2) is 8.42 Å². The molecule has 1 N–H and O–H groups in total. The van der Waals surface area contributed by atoms with Crippen LogP contribution in [0.15, 0.2) is 10.6 Å². The van der Waals surface area contributed by atoms with Gasteiger partial charge in [-0.1, -0.05) is 19.0 Å². The third kappa shape index (κ3) is 2.72. The van der Waals surface area contributed by atoms with Gasteiger partial charge in [0.15, 0.2) is 9.84 Å². The van der Waals surface area contributed by atoms with Crippen LogP contribution in [0.1, 0.15) is 55.3 Å². The monoisotopic (exact) mass is 383 g/mol. The van der Waals surface area contributed by atoms with Crippen molar-refractivity contribution in [3.63, 3.8) is 0 Å². The fraction of sp³-hybridized carbons (Fsp3) is 0.706. The van der Waals surface area contributed by atoms with Crippen LogP contribution < -0.4 is 5.32 Å². The van der Waals surface area contributed by atoms with Crippen LogP contribution in [-0.4, -0.2) is 60.9 Å². The summed E-state index contributed by atoms with van der Waals surface area (Å²) in [4.78, 5) is 26.2. The van der Waals surface area contributed by atoms with Gasteiger partial charge in [-0.3, -0.25) is 9.59 Å². The number of hydrogen-bond donors (Lipinski definition) is 1. The second kappa shape index (κ2) is 6.68. The molecule has 2 amide bonds. The maximum atomic E-state index is 12.6. The van der Waals surface area contributed by atoms with E-state index in [-0.39, 0.29) is 42.3 Å². The summed E-state index contributed by atoms with van der Waals surface area (Å²) in [5, 5.41) is 6.53. The minimum atomic E-state index is -3.42. The van der Waals surface area contributed by atoms with Crippen molar-refractivity contribution in [2.24, 2.45) is 5.92 Å². The lowest BCUT2D eigenvalue weighted by molar-refractivity contribution is -0.126. The molecular formula is C17H25N3O5S. The molecule has 2 aliphatic heterocycles. The molecule has 1 aromatic rings. The summed E-state index contributed by atoms with van der Waals surface area (Å²) >= 11 is 0. The molecule has 9 heteroatoms. The lowest BCUT2D eigenvalue weighted by Crippen LogP contribution is -2.69. The molecule has 0 aromatic carbocycles. The molecule has 0 bridgehead atoms. The Balaban J connectivity index is 1.76. The highest BCUT2D eigenvalue weighted by Crippen LogP contribution is 2.45. The first-order chi connectivity index (χ1) is 12.3. The Morgan fingerprint density at radius 1 is 1.38 bits per heavy atom. The molecule has 2 aliphatic rings. The van der Waals surface area contributed by atoms with E-state index in [2.05, 4.69) is 10.5 Å². The molecule has 3 rings (SSSR count). The van der Waals surface area contributed by atoms with Crippen molar-refractivity contribution in [2.75, 3.05) is 25.9 Å². The average Bonchev–Trinajstić information content (AvgIpc) is 3.16. The zero-order chi connectivity index (χ0) is 19.1. The van der Waals surface area contributed by atoms with Gasteiger partial charge in [0.1, 0.15) is 4.75 Å². The molecule has 1 spiro atoms. The van der Waals surface area contributed by atoms with Crippen LogP contribution in [0, 0.1) is 5.92 Å². The van der Waals surface area contributed by atoms with E-state index in [1.54, 1.807) is 6.07 Å². The Kier molecular flexibility index (Phi) is 4.85. The summed E-state index contributed by atoms with van der Waals surface area (Å²) in [6, 6.07) is 1.64. The van der Waals surface area contributed by atoms with E-state index in [0.29, 0.717) is 6.42 Å². The van der Waals surface area contributed by atoms with Crippen LogP contribution in [0.4, 0.5) is 0 Å². The molecule has 2 saturated heterocycles. The van der Waals surface area contributed by atoms with Gasteiger partial charge < -0.3 is 14.7 Å². The zero-order valence-corrected chi connectivity index (χ0v) is 16.1. The highest BCUT2D eigenvalue weighted by molar-refractivity contribution is 7.93. The van der Waals surface area contributed by atoms with Crippen LogP contribution in [0.2, 0.25) is 0 Å². The smallest absolute Gasteiger partial charge is 0.292 e. The van der Waals surface area contributed by atoms with Crippen LogP contribution in [0.25, 0.3) is 0 Å². The van der Waals surface area contributed by atoms with E-state index in [4.69, 9.17) is 4.52 Å². The van der Waals surface area contributed by atoms with Gasteiger partial charge in [0.05, 0.1) is 17.4 Å². The Bertz CT molecular complexity index is 806. The molecule has 3 heterocycles. The first-order valence-corrected chi connectivity index (χ1v) is 10.6. The minimum absolute atomic E-state index is 0.0196. The number of nitrogens with one attached hydrogen (secondary N) is 1. The van der Waals surface area contributed by atoms with Crippen molar-refractivity contribution < 1.29 is 22.5 Å². The maximum absolute atomic E-state index is 12.6. The van der Waals surface area contributed by atoms with E-state index in [0.717, 1.165) is 18.5 Å². The highest BCUT2D eigenvalue weighted by Gasteiger charge is 2.64. The van der Waals surface area contributed by atoms with Crippen molar-refractivity contribution >= 4 is 21.7 Å². The second-order valence-electron chi connectivity index (χ2n) is 7.13. The van der Waals surface area contributed by atoms with Crippen LogP contribution in [0.5, 0.6) is 0 Å². The fourth-order valence-electron chi connectivity index (χ4n) is 4.11. The van der Waals surface area contributed by atoms with Gasteiger partial charge in [0.25, 0.3) is 5.91 Å². The Labute approximate surface area is 153 Å². The molecule has 2 fully saturated rings. The summed E-state index contributed by atoms with van der Waals surface area (Å²) in [5.41, 5.74) is 0.741. The quantitative estimate of drug-likeness (QED) is 0.811. The van der Waals surface area contributed by atoms with Gasteiger partial charge >= 0.3 is 0 Å². The molecule has 144 valence electrons. The number of aromatic nitrogens is 1. The number of nitrogens with zero attached hydrogens (tertiary/aromatic N) is 2. The molecule has 0 aliphatic carbocycles. The van der Waals surface area contributed by atoms with E-state index in [9.17, 15) is 18.0 Å². The van der Waals surface area contributed by atoms with E-state index in [1.165, 1.54) is 11.9 Å². The SMILES string of the molecule is CCC(CC)c1cc(C(=O)N2CC3(C2)C(C(=O)NC)CCS3(=O)=O)on1. The zero-order valence-electron chi connectivity index (χ0n) is 15.3. The van der Waals surface area contributed by atoms with E-state index in [1.807, 2.05) is 13.8 Å². The van der Waals surface area contributed by atoms with Gasteiger partial charge in [0, 0.05) is 32.1 Å². The molecule has 1 unspecified atom stereocenters. The Hall–Kier alpha value is -1.90. The first kappa shape index (κ1) is 18.9. The number of sulfone groups is 1. The molecule has 1 aromatic heterocycles. The van der Waals surface area contributed by atoms with E-state index >= 15 is 0 Å². The summed E-state index contributed by atoms with van der Waals surface area (Å²) in [6.07, 6.45) is 2.09. The van der Waals surface area contributed by atoms with Gasteiger partial charge in [-0.05, 0) is 19.3 Å². The largest absolute Gasteiger partial charge is 0.359 e. The number of likely N-dealkylation sites (tertiary alicyclic amines) is 1. The van der Waals surface area contributed by atoms with Gasteiger partial charge in [0.2, 0.25) is 11.7 Å². The van der Waals surface area contributed by atoms with Crippen LogP contribution >= 0.6 is 0 Å². The molecule has 0 radical (unpaired) electrons. The number of rotatable bonds is 5. The summed E-state index contributed by atoms with van der Waals surface area (Å²) in [7, 11) is -1.92. The topological polar surface area (TPSA) is 110 Å². The summed E-state index contributed by atoms with van der Waals surface area (Å²) in [6.45, 7) is 4.14. The Morgan fingerprint density at radius 2 is 2.04 bits per heavy atom. The minimum Gasteiger partial charge on any atom is -0.359 e. The molecule has 1 atom stereocenters. The van der Waals surface area contributed by atoms with E-state index < -0.39 is 20.5 Å². The normalized spacial score (nSPS) is 23.2. The maximum Gasteiger partial charge on any atom is 0.292 e. The summed E-state index contributed by atoms with van der Waals surface area (Å²) < 4.78 is 29.1. The van der Waals surface area contributed by atoms with Crippen molar-refractivity contribution in [3.05, 3.63) is 17.5 Å². The number of amides is 2. The molecule has 8 nitrogen and oxygen atoms in total. The number of carbonyl (C=O) groups is 2. The standard InChI is InChI=1S/C17H25N3O5S/c1-4-11(5-2)13-8-14(25-19-13)16(22)20-9-17(10-20)12(15(21)18-3)6-7-26(17,23)24/h8,11-12H,4-7,9-10H2,1-3H3,(H,18,21). The predicted molar refractivity (Wildman–Crippen MR) is 94.4 cm³/mol. The van der Waals surface area contributed by atoms with Crippen molar-refractivity contribution in [3.8, 4) is 0 Å². The Morgan fingerprint density at radius 3 is 2.62 bits per heavy atom. The predicted octanol–water partition coefficient (Wildman–Crippen LogP) is 0.954. The van der Waals surface area contributed by atoms with Gasteiger partial charge in [-0.2, -0.15) is 0 Å². The van der Waals surface area contributed by atoms with Crippen molar-refractivity contribution in [1.82, 2.24) is 15.4 Å². The van der Waals surface area contributed by atoms with Crippen LogP contribution in [0.3, 0.4) is 0 Å². The lowest BCUT2D eigenvalue weighted by Gasteiger charge is -2.48. The highest BCUT2D eigenvalue weighted by atomic mass is 32.2. The molecular weight excluding hydrogens is 358 g/mol. The third-order valence-corrected chi connectivity index (χ3v) is 8.39. The molecule has 0 saturated carbocycles. The molecule has 26 heavy (non-hydrogen) atoms. The lowest BCUT2D eigenvalue weighted by atomic mass is 9.82. The first-order valence-electron chi connectivity index (χ1n) is 8.99. The average molecular weight is 383 g/mol. The summed E-state index contributed by atoms with van der Waals surface area (Å²) in [5.74, 6) is -0.943. The van der Waals surface area contributed by atoms with Crippen molar-refractivity contribution in [1.29, 1.82) is 0 Å². The number of hydrogen-bond acceptors (Lipinski definition) is 6. The van der Waals surface area contributed by atoms with Crippen LogP contribution in [-0.2, 0) is 14.6 Å². The third-order valence-electron chi connectivity index (χ3n) is 5.84. The van der Waals surface area contributed by atoms with Crippen molar-refractivity contribution in [2.45, 2.75) is 43.8 Å². The number of carbonyl (C=O) groups excluding carboxylic acids is 2. The van der Waals surface area contributed by atoms with Gasteiger partial charge in [-0.15, -0.1) is 0 Å². The fourth-order valence-corrected chi connectivity index (χ4v) is 6.42.